The number of piperazine rings is 1. The number of alkyl halides is 2. The second kappa shape index (κ2) is 7.26. The highest BCUT2D eigenvalue weighted by molar-refractivity contribution is 5.95. The van der Waals surface area contributed by atoms with Crippen molar-refractivity contribution in [2.75, 3.05) is 26.2 Å². The summed E-state index contributed by atoms with van der Waals surface area (Å²) in [6.07, 6.45) is 4.10. The molecule has 4 heterocycles. The molecule has 31 heavy (non-hydrogen) atoms. The maximum absolute atomic E-state index is 14.1. The molecule has 1 amide bonds. The van der Waals surface area contributed by atoms with Crippen molar-refractivity contribution in [3.63, 3.8) is 0 Å². The number of carbonyl (C=O) groups is 1. The first kappa shape index (κ1) is 19.9. The summed E-state index contributed by atoms with van der Waals surface area (Å²) in [7, 11) is 0. The first-order valence-corrected chi connectivity index (χ1v) is 10.4. The Hall–Kier alpha value is -3.08. The zero-order chi connectivity index (χ0) is 21.8. The van der Waals surface area contributed by atoms with Crippen LogP contribution in [0.2, 0.25) is 0 Å². The lowest BCUT2D eigenvalue weighted by Crippen LogP contribution is -2.55. The van der Waals surface area contributed by atoms with Crippen molar-refractivity contribution < 1.29 is 13.6 Å². The van der Waals surface area contributed by atoms with Gasteiger partial charge in [0.2, 0.25) is 5.95 Å². The molecule has 3 aromatic rings. The fourth-order valence-corrected chi connectivity index (χ4v) is 4.63. The van der Waals surface area contributed by atoms with Crippen molar-refractivity contribution in [2.24, 2.45) is 0 Å². The van der Waals surface area contributed by atoms with Crippen LogP contribution in [-0.4, -0.2) is 78.2 Å². The fraction of sp³-hybridized carbons (Fsp3) is 0.500. The Morgan fingerprint density at radius 2 is 2.03 bits per heavy atom. The van der Waals surface area contributed by atoms with E-state index in [0.29, 0.717) is 55.8 Å². The van der Waals surface area contributed by atoms with Crippen LogP contribution in [0, 0.1) is 6.92 Å². The lowest BCUT2D eigenvalue weighted by molar-refractivity contribution is -0.0697. The molecule has 2 aliphatic rings. The lowest BCUT2D eigenvalue weighted by atomic mass is 10.1. The summed E-state index contributed by atoms with van der Waals surface area (Å²) in [6.45, 7) is 3.37. The van der Waals surface area contributed by atoms with E-state index in [4.69, 9.17) is 0 Å². The molecule has 1 aliphatic heterocycles. The van der Waals surface area contributed by atoms with Gasteiger partial charge in [0.05, 0.1) is 23.5 Å². The van der Waals surface area contributed by atoms with E-state index in [-0.39, 0.29) is 23.8 Å². The van der Waals surface area contributed by atoms with E-state index in [0.717, 1.165) is 0 Å². The number of nitrogens with zero attached hydrogens (tertiary/aromatic N) is 6. The molecule has 164 valence electrons. The molecule has 0 aromatic carbocycles. The molecule has 11 heteroatoms. The number of halogens is 2. The van der Waals surface area contributed by atoms with Crippen LogP contribution in [0.1, 0.15) is 35.3 Å². The van der Waals surface area contributed by atoms with E-state index in [2.05, 4.69) is 15.2 Å². The highest BCUT2D eigenvalue weighted by Crippen LogP contribution is 2.38. The van der Waals surface area contributed by atoms with Crippen molar-refractivity contribution in [3.05, 3.63) is 46.1 Å². The molecule has 3 aromatic heterocycles. The number of aromatic amines is 1. The molecule has 1 unspecified atom stereocenters. The van der Waals surface area contributed by atoms with Crippen molar-refractivity contribution >= 4 is 11.4 Å². The minimum Gasteiger partial charge on any atom is -0.336 e. The van der Waals surface area contributed by atoms with Crippen LogP contribution in [0.3, 0.4) is 0 Å². The Balaban J connectivity index is 1.33. The molecule has 9 nitrogen and oxygen atoms in total. The van der Waals surface area contributed by atoms with Gasteiger partial charge in [-0.2, -0.15) is 5.10 Å². The minimum atomic E-state index is -2.64. The largest absolute Gasteiger partial charge is 0.336 e. The Labute approximate surface area is 176 Å². The zero-order valence-corrected chi connectivity index (χ0v) is 17.1. The maximum Gasteiger partial charge on any atom is 0.276 e. The summed E-state index contributed by atoms with van der Waals surface area (Å²) in [6, 6.07) is 2.65. The number of hydrogen-bond acceptors (Lipinski definition) is 5. The number of fused-ring (bicyclic) bond motifs is 1. The van der Waals surface area contributed by atoms with Crippen LogP contribution in [0.25, 0.3) is 11.5 Å². The molecular weight excluding hydrogens is 408 g/mol. The molecule has 0 spiro atoms. The van der Waals surface area contributed by atoms with Crippen molar-refractivity contribution in [2.45, 2.75) is 38.2 Å². The number of H-pyrrole nitrogens is 1. The first-order valence-electron chi connectivity index (χ1n) is 10.4. The summed E-state index contributed by atoms with van der Waals surface area (Å²) >= 11 is 0. The van der Waals surface area contributed by atoms with Crippen molar-refractivity contribution in [1.82, 2.24) is 34.2 Å². The third-order valence-electron chi connectivity index (χ3n) is 6.35. The summed E-state index contributed by atoms with van der Waals surface area (Å²) in [5.74, 6) is -2.64. The average molecular weight is 431 g/mol. The quantitative estimate of drug-likeness (QED) is 0.678. The van der Waals surface area contributed by atoms with E-state index in [1.165, 1.54) is 15.4 Å². The van der Waals surface area contributed by atoms with Crippen LogP contribution in [0.15, 0.2) is 29.3 Å². The number of aromatic nitrogens is 5. The van der Waals surface area contributed by atoms with E-state index in [1.54, 1.807) is 30.2 Å². The molecule has 0 bridgehead atoms. The second-order valence-electron chi connectivity index (χ2n) is 8.17. The van der Waals surface area contributed by atoms with Gasteiger partial charge in [-0.05, 0) is 31.9 Å². The van der Waals surface area contributed by atoms with E-state index < -0.39 is 12.0 Å². The van der Waals surface area contributed by atoms with Gasteiger partial charge in [-0.3, -0.25) is 19.5 Å². The molecule has 1 saturated heterocycles. The molecule has 1 aliphatic carbocycles. The number of hydrogen-bond donors (Lipinski definition) is 1. The first-order chi connectivity index (χ1) is 14.8. The van der Waals surface area contributed by atoms with Gasteiger partial charge >= 0.3 is 0 Å². The number of carbonyl (C=O) groups excluding carboxylic acids is 1. The number of amides is 1. The van der Waals surface area contributed by atoms with E-state index >= 15 is 0 Å². The van der Waals surface area contributed by atoms with E-state index in [1.807, 2.05) is 4.90 Å². The smallest absolute Gasteiger partial charge is 0.276 e. The van der Waals surface area contributed by atoms with Gasteiger partial charge < -0.3 is 4.90 Å². The molecule has 1 saturated carbocycles. The molecule has 1 N–H and O–H groups in total. The highest BCUT2D eigenvalue weighted by Gasteiger charge is 2.47. The minimum absolute atomic E-state index is 0.0554. The van der Waals surface area contributed by atoms with Crippen LogP contribution in [-0.2, 0) is 0 Å². The molecular formula is C20H23F2N7O2. The fourth-order valence-electron chi connectivity index (χ4n) is 4.63. The van der Waals surface area contributed by atoms with Crippen LogP contribution in [0.5, 0.6) is 0 Å². The molecule has 1 atom stereocenters. The number of rotatable bonds is 3. The van der Waals surface area contributed by atoms with Crippen LogP contribution >= 0.6 is 0 Å². The van der Waals surface area contributed by atoms with Crippen molar-refractivity contribution in [1.29, 1.82) is 0 Å². The van der Waals surface area contributed by atoms with Crippen LogP contribution in [0.4, 0.5) is 8.78 Å². The van der Waals surface area contributed by atoms with Gasteiger partial charge in [-0.1, -0.05) is 0 Å². The summed E-state index contributed by atoms with van der Waals surface area (Å²) in [5.41, 5.74) is 1.05. The Morgan fingerprint density at radius 1 is 1.26 bits per heavy atom. The van der Waals surface area contributed by atoms with Gasteiger partial charge in [0.15, 0.2) is 0 Å². The average Bonchev–Trinajstić information content (AvgIpc) is 3.45. The molecule has 2 fully saturated rings. The van der Waals surface area contributed by atoms with E-state index in [9.17, 15) is 18.4 Å². The Kier molecular flexibility index (Phi) is 4.65. The van der Waals surface area contributed by atoms with Gasteiger partial charge in [-0.25, -0.2) is 18.0 Å². The standard InChI is InChI=1S/C20H23F2N7O2/c1-13-14(12-23-29(13)19-24-17(30)15-4-3-7-28(15)25-19)18(31)27-10-8-26(9-11-27)16-5-2-6-20(16,21)22/h3-4,7,12,16H,2,5-6,8-11H2,1H3,(H,24,25,30). The van der Waals surface area contributed by atoms with Crippen LogP contribution < -0.4 is 5.56 Å². The third-order valence-corrected chi connectivity index (χ3v) is 6.35. The second-order valence-corrected chi connectivity index (χ2v) is 8.17. The highest BCUT2D eigenvalue weighted by atomic mass is 19.3. The Morgan fingerprint density at radius 3 is 2.74 bits per heavy atom. The number of nitrogens with one attached hydrogen (secondary N) is 1. The van der Waals surface area contributed by atoms with Gasteiger partial charge in [0.25, 0.3) is 17.4 Å². The summed E-state index contributed by atoms with van der Waals surface area (Å²) < 4.78 is 31.0. The third kappa shape index (κ3) is 3.32. The summed E-state index contributed by atoms with van der Waals surface area (Å²) in [5, 5.41) is 8.58. The van der Waals surface area contributed by atoms with Gasteiger partial charge in [0.1, 0.15) is 5.52 Å². The predicted molar refractivity (Wildman–Crippen MR) is 108 cm³/mol. The molecule has 5 rings (SSSR count). The van der Waals surface area contributed by atoms with Crippen molar-refractivity contribution in [3.8, 4) is 5.95 Å². The topological polar surface area (TPSA) is 91.5 Å². The SMILES string of the molecule is Cc1c(C(=O)N2CCN(C3CCCC3(F)F)CC2)cnn1-c1nn2cccc2c(=O)[nH]1. The van der Waals surface area contributed by atoms with Gasteiger partial charge in [0, 0.05) is 38.8 Å². The molecule has 0 radical (unpaired) electrons. The zero-order valence-electron chi connectivity index (χ0n) is 17.1. The Bertz CT molecular complexity index is 1190. The normalized spacial score (nSPS) is 21.8. The monoisotopic (exact) mass is 431 g/mol. The maximum atomic E-state index is 14.1. The summed E-state index contributed by atoms with van der Waals surface area (Å²) in [4.78, 5) is 31.5. The predicted octanol–water partition coefficient (Wildman–Crippen LogP) is 1.46. The lowest BCUT2D eigenvalue weighted by Gasteiger charge is -2.39. The van der Waals surface area contributed by atoms with Gasteiger partial charge in [-0.15, -0.1) is 5.10 Å².